The number of para-hydroxylation sites is 1. The quantitative estimate of drug-likeness (QED) is 0.186. The van der Waals surface area contributed by atoms with Gasteiger partial charge in [-0.3, -0.25) is 0 Å². The number of furan rings is 1. The molecule has 0 N–H and O–H groups in total. The van der Waals surface area contributed by atoms with Crippen LogP contribution in [0.5, 0.6) is 0 Å². The van der Waals surface area contributed by atoms with Crippen molar-refractivity contribution in [3.8, 4) is 56.7 Å². The Labute approximate surface area is 286 Å². The zero-order valence-corrected chi connectivity index (χ0v) is 26.6. The van der Waals surface area contributed by atoms with Crippen LogP contribution in [0.1, 0.15) is 0 Å². The highest BCUT2D eigenvalue weighted by Crippen LogP contribution is 2.42. The highest BCUT2D eigenvalue weighted by Gasteiger charge is 2.22. The SMILES string of the molecule is c1ccc(-c2nc(-c3cc4nc(-c5ccccc5)oc4c4c(-c5ccccc5)cccc34)nc(-c3cccc4oc5ccccc5c34)n2)cc1. The van der Waals surface area contributed by atoms with Gasteiger partial charge in [0.15, 0.2) is 23.1 Å². The second-order valence-corrected chi connectivity index (χ2v) is 12.2. The standard InChI is InChI=1S/C44H26N4O2/c1-4-14-27(15-5-1)30-21-12-22-31-34(26-35-40(39(30)31)50-44(45-35)29-18-8-3-9-19-29)43-47-41(28-16-6-2-7-17-28)46-42(48-43)33-23-13-25-37-38(33)32-20-10-11-24-36(32)49-37/h1-26H. The molecule has 0 bridgehead atoms. The van der Waals surface area contributed by atoms with E-state index < -0.39 is 0 Å². The molecule has 3 aromatic heterocycles. The lowest BCUT2D eigenvalue weighted by Gasteiger charge is -2.13. The molecule has 7 aromatic carbocycles. The maximum absolute atomic E-state index is 6.61. The molecule has 10 rings (SSSR count). The zero-order chi connectivity index (χ0) is 33.0. The largest absolute Gasteiger partial charge is 0.456 e. The van der Waals surface area contributed by atoms with Gasteiger partial charge in [0.1, 0.15) is 16.7 Å². The van der Waals surface area contributed by atoms with Crippen LogP contribution in [-0.4, -0.2) is 19.9 Å². The predicted molar refractivity (Wildman–Crippen MR) is 199 cm³/mol. The minimum absolute atomic E-state index is 0.542. The molecule has 234 valence electrons. The summed E-state index contributed by atoms with van der Waals surface area (Å²) >= 11 is 0. The average molecular weight is 643 g/mol. The summed E-state index contributed by atoms with van der Waals surface area (Å²) in [7, 11) is 0. The van der Waals surface area contributed by atoms with Crippen LogP contribution in [0.4, 0.5) is 0 Å². The highest BCUT2D eigenvalue weighted by atomic mass is 16.3. The molecular weight excluding hydrogens is 617 g/mol. The van der Waals surface area contributed by atoms with Crippen LogP contribution in [0.2, 0.25) is 0 Å². The van der Waals surface area contributed by atoms with E-state index in [-0.39, 0.29) is 0 Å². The number of oxazole rings is 1. The van der Waals surface area contributed by atoms with E-state index in [0.29, 0.717) is 28.9 Å². The third-order valence-electron chi connectivity index (χ3n) is 9.17. The average Bonchev–Trinajstić information content (AvgIpc) is 3.80. The van der Waals surface area contributed by atoms with Gasteiger partial charge >= 0.3 is 0 Å². The van der Waals surface area contributed by atoms with Gasteiger partial charge in [0.25, 0.3) is 0 Å². The van der Waals surface area contributed by atoms with Crippen LogP contribution in [0, 0.1) is 0 Å². The van der Waals surface area contributed by atoms with Gasteiger partial charge in [-0.05, 0) is 46.8 Å². The topological polar surface area (TPSA) is 77.8 Å². The fourth-order valence-corrected chi connectivity index (χ4v) is 6.89. The summed E-state index contributed by atoms with van der Waals surface area (Å²) in [6.07, 6.45) is 0. The molecule has 0 amide bonds. The number of hydrogen-bond acceptors (Lipinski definition) is 6. The zero-order valence-electron chi connectivity index (χ0n) is 26.6. The number of nitrogens with zero attached hydrogens (tertiary/aromatic N) is 4. The van der Waals surface area contributed by atoms with Crippen molar-refractivity contribution in [1.29, 1.82) is 0 Å². The summed E-state index contributed by atoms with van der Waals surface area (Å²) in [5.74, 6) is 2.23. The number of aromatic nitrogens is 4. The van der Waals surface area contributed by atoms with E-state index in [1.807, 2.05) is 103 Å². The van der Waals surface area contributed by atoms with E-state index in [1.165, 1.54) is 0 Å². The summed E-state index contributed by atoms with van der Waals surface area (Å²) in [5.41, 5.74) is 8.66. The molecule has 0 fully saturated rings. The van der Waals surface area contributed by atoms with Crippen molar-refractivity contribution in [2.75, 3.05) is 0 Å². The van der Waals surface area contributed by atoms with Gasteiger partial charge in [0.05, 0.1) is 0 Å². The van der Waals surface area contributed by atoms with Crippen LogP contribution < -0.4 is 0 Å². The first-order valence-electron chi connectivity index (χ1n) is 16.5. The Morgan fingerprint density at radius 1 is 0.360 bits per heavy atom. The Bertz CT molecular complexity index is 2860. The van der Waals surface area contributed by atoms with Crippen LogP contribution in [0.25, 0.3) is 101 Å². The minimum Gasteiger partial charge on any atom is -0.456 e. The molecule has 6 heteroatoms. The Morgan fingerprint density at radius 2 is 0.940 bits per heavy atom. The first-order chi connectivity index (χ1) is 24.8. The van der Waals surface area contributed by atoms with Crippen LogP contribution in [0.15, 0.2) is 167 Å². The lowest BCUT2D eigenvalue weighted by atomic mass is 9.94. The van der Waals surface area contributed by atoms with Gasteiger partial charge in [-0.2, -0.15) is 0 Å². The van der Waals surface area contributed by atoms with Gasteiger partial charge in [-0.1, -0.05) is 127 Å². The maximum Gasteiger partial charge on any atom is 0.227 e. The summed E-state index contributed by atoms with van der Waals surface area (Å²) in [5, 5.41) is 3.89. The molecule has 0 aliphatic heterocycles. The van der Waals surface area contributed by atoms with Crippen LogP contribution in [0.3, 0.4) is 0 Å². The van der Waals surface area contributed by atoms with E-state index in [4.69, 9.17) is 28.8 Å². The molecule has 0 aliphatic rings. The molecule has 0 saturated heterocycles. The second kappa shape index (κ2) is 11.4. The van der Waals surface area contributed by atoms with E-state index in [9.17, 15) is 0 Å². The molecular formula is C44H26N4O2. The van der Waals surface area contributed by atoms with Crippen molar-refractivity contribution in [3.05, 3.63) is 158 Å². The van der Waals surface area contributed by atoms with Gasteiger partial charge in [0.2, 0.25) is 5.89 Å². The van der Waals surface area contributed by atoms with Gasteiger partial charge in [0, 0.05) is 38.4 Å². The molecule has 0 aliphatic carbocycles. The van der Waals surface area contributed by atoms with Crippen molar-refractivity contribution in [2.24, 2.45) is 0 Å². The van der Waals surface area contributed by atoms with Crippen molar-refractivity contribution in [1.82, 2.24) is 19.9 Å². The number of fused-ring (bicyclic) bond motifs is 6. The molecule has 0 saturated carbocycles. The molecule has 0 radical (unpaired) electrons. The fourth-order valence-electron chi connectivity index (χ4n) is 6.89. The molecule has 6 nitrogen and oxygen atoms in total. The Kier molecular flexibility index (Phi) is 6.39. The fraction of sp³-hybridized carbons (Fsp3) is 0. The molecule has 0 spiro atoms. The molecule has 0 atom stereocenters. The van der Waals surface area contributed by atoms with Gasteiger partial charge in [-0.15, -0.1) is 0 Å². The van der Waals surface area contributed by atoms with Crippen LogP contribution >= 0.6 is 0 Å². The second-order valence-electron chi connectivity index (χ2n) is 12.2. The molecule has 3 heterocycles. The van der Waals surface area contributed by atoms with Crippen molar-refractivity contribution >= 4 is 43.8 Å². The maximum atomic E-state index is 6.61. The Balaban J connectivity index is 1.29. The Hall–Kier alpha value is -6.92. The minimum atomic E-state index is 0.542. The smallest absolute Gasteiger partial charge is 0.227 e. The summed E-state index contributed by atoms with van der Waals surface area (Å²) in [6.45, 7) is 0. The summed E-state index contributed by atoms with van der Waals surface area (Å²) in [4.78, 5) is 20.5. The van der Waals surface area contributed by atoms with E-state index in [0.717, 1.165) is 71.6 Å². The lowest BCUT2D eigenvalue weighted by Crippen LogP contribution is -2.01. The molecule has 50 heavy (non-hydrogen) atoms. The first-order valence-corrected chi connectivity index (χ1v) is 16.5. The first kappa shape index (κ1) is 28.1. The van der Waals surface area contributed by atoms with Gasteiger partial charge < -0.3 is 8.83 Å². The Morgan fingerprint density at radius 3 is 1.72 bits per heavy atom. The third-order valence-corrected chi connectivity index (χ3v) is 9.17. The predicted octanol–water partition coefficient (Wildman–Crippen LogP) is 11.4. The third kappa shape index (κ3) is 4.58. The van der Waals surface area contributed by atoms with Gasteiger partial charge in [-0.25, -0.2) is 19.9 Å². The number of benzene rings is 7. The number of hydrogen-bond donors (Lipinski definition) is 0. The van der Waals surface area contributed by atoms with E-state index in [2.05, 4.69) is 54.6 Å². The molecule has 0 unspecified atom stereocenters. The normalized spacial score (nSPS) is 11.6. The number of rotatable bonds is 5. The van der Waals surface area contributed by atoms with Crippen molar-refractivity contribution in [2.45, 2.75) is 0 Å². The summed E-state index contributed by atoms with van der Waals surface area (Å²) < 4.78 is 12.9. The highest BCUT2D eigenvalue weighted by molar-refractivity contribution is 6.16. The van der Waals surface area contributed by atoms with E-state index >= 15 is 0 Å². The van der Waals surface area contributed by atoms with Crippen molar-refractivity contribution in [3.63, 3.8) is 0 Å². The van der Waals surface area contributed by atoms with Crippen LogP contribution in [-0.2, 0) is 0 Å². The molecule has 10 aromatic rings. The van der Waals surface area contributed by atoms with Crippen molar-refractivity contribution < 1.29 is 8.83 Å². The lowest BCUT2D eigenvalue weighted by molar-refractivity contribution is 0.623. The summed E-state index contributed by atoms with van der Waals surface area (Å²) in [6, 6.07) is 52.8. The van der Waals surface area contributed by atoms with E-state index in [1.54, 1.807) is 0 Å². The monoisotopic (exact) mass is 642 g/mol.